The predicted octanol–water partition coefficient (Wildman–Crippen LogP) is 1.60. The van der Waals surface area contributed by atoms with Gasteiger partial charge in [0.1, 0.15) is 0 Å². The summed E-state index contributed by atoms with van der Waals surface area (Å²) in [6.45, 7) is 3.96. The Morgan fingerprint density at radius 2 is 2.33 bits per heavy atom. The highest BCUT2D eigenvalue weighted by molar-refractivity contribution is 7.99. The van der Waals surface area contributed by atoms with Crippen molar-refractivity contribution in [3.05, 3.63) is 0 Å². The van der Waals surface area contributed by atoms with Crippen LogP contribution in [0.25, 0.3) is 0 Å². The van der Waals surface area contributed by atoms with Gasteiger partial charge in [0.2, 0.25) is 0 Å². The lowest BCUT2D eigenvalue weighted by Gasteiger charge is -2.03. The number of carboxylic acid groups (broad SMARTS) is 1. The highest BCUT2D eigenvalue weighted by atomic mass is 32.2. The fourth-order valence-corrected chi connectivity index (χ4v) is 1.42. The molecule has 0 aromatic heterocycles. The van der Waals surface area contributed by atoms with E-state index in [1.807, 2.05) is 13.8 Å². The van der Waals surface area contributed by atoms with Crippen LogP contribution < -0.4 is 0 Å². The second kappa shape index (κ2) is 4.68. The maximum Gasteiger partial charge on any atom is 0.304 e. The van der Waals surface area contributed by atoms with E-state index in [-0.39, 0.29) is 11.7 Å². The summed E-state index contributed by atoms with van der Waals surface area (Å²) in [7, 11) is 0. The molecule has 0 saturated carbocycles. The van der Waals surface area contributed by atoms with Crippen molar-refractivity contribution in [2.75, 3.05) is 5.75 Å². The van der Waals surface area contributed by atoms with E-state index >= 15 is 0 Å². The molecule has 0 amide bonds. The van der Waals surface area contributed by atoms with Crippen molar-refractivity contribution in [3.63, 3.8) is 0 Å². The molecule has 0 rings (SSSR count). The van der Waals surface area contributed by atoms with Crippen molar-refractivity contribution < 1.29 is 9.90 Å². The van der Waals surface area contributed by atoms with Gasteiger partial charge in [0, 0.05) is 5.25 Å². The maximum absolute atomic E-state index is 10.1. The van der Waals surface area contributed by atoms with E-state index < -0.39 is 5.97 Å². The summed E-state index contributed by atoms with van der Waals surface area (Å²) >= 11 is 1.68. The third-order valence-corrected chi connectivity index (χ3v) is 1.98. The molecular weight excluding hydrogens is 136 g/mol. The van der Waals surface area contributed by atoms with Crippen LogP contribution in [0.3, 0.4) is 0 Å². The summed E-state index contributed by atoms with van der Waals surface area (Å²) in [5.74, 6) is 0.289. The van der Waals surface area contributed by atoms with Crippen LogP contribution in [0.4, 0.5) is 0 Å². The Balaban J connectivity index is 3.26. The van der Waals surface area contributed by atoms with Crippen molar-refractivity contribution in [1.29, 1.82) is 0 Å². The SMILES string of the molecule is CCSC(C)CC(=O)O. The first-order valence-electron chi connectivity index (χ1n) is 3.00. The summed E-state index contributed by atoms with van der Waals surface area (Å²) in [4.78, 5) is 10.1. The van der Waals surface area contributed by atoms with Gasteiger partial charge in [-0.15, -0.1) is 0 Å². The molecule has 0 aliphatic heterocycles. The Labute approximate surface area is 59.6 Å². The van der Waals surface area contributed by atoms with Crippen molar-refractivity contribution in [2.24, 2.45) is 0 Å². The zero-order valence-corrected chi connectivity index (χ0v) is 6.57. The molecule has 0 aromatic carbocycles. The van der Waals surface area contributed by atoms with Crippen LogP contribution in [0, 0.1) is 0 Å². The van der Waals surface area contributed by atoms with E-state index in [2.05, 4.69) is 0 Å². The topological polar surface area (TPSA) is 37.3 Å². The highest BCUT2D eigenvalue weighted by Crippen LogP contribution is 2.12. The molecule has 0 aromatic rings. The molecule has 0 aliphatic rings. The van der Waals surface area contributed by atoms with E-state index in [0.29, 0.717) is 0 Å². The molecule has 9 heavy (non-hydrogen) atoms. The zero-order valence-electron chi connectivity index (χ0n) is 5.76. The Morgan fingerprint density at radius 3 is 2.67 bits per heavy atom. The second-order valence-electron chi connectivity index (χ2n) is 1.86. The molecular formula is C6H12O2S. The molecule has 0 heterocycles. The molecule has 1 unspecified atom stereocenters. The largest absolute Gasteiger partial charge is 0.481 e. The zero-order chi connectivity index (χ0) is 7.28. The lowest BCUT2D eigenvalue weighted by atomic mass is 10.3. The molecule has 1 atom stereocenters. The van der Waals surface area contributed by atoms with Crippen LogP contribution in [0.2, 0.25) is 0 Å². The normalized spacial score (nSPS) is 13.1. The Hall–Kier alpha value is -0.180. The molecule has 1 N–H and O–H groups in total. The van der Waals surface area contributed by atoms with Gasteiger partial charge in [0.15, 0.2) is 0 Å². The minimum absolute atomic E-state index is 0.257. The first-order valence-corrected chi connectivity index (χ1v) is 4.05. The number of hydrogen-bond acceptors (Lipinski definition) is 2. The van der Waals surface area contributed by atoms with Crippen LogP contribution in [0.15, 0.2) is 0 Å². The average Bonchev–Trinajstić information content (AvgIpc) is 1.63. The predicted molar refractivity (Wildman–Crippen MR) is 39.8 cm³/mol. The Morgan fingerprint density at radius 1 is 1.78 bits per heavy atom. The van der Waals surface area contributed by atoms with Gasteiger partial charge in [-0.3, -0.25) is 4.79 Å². The lowest BCUT2D eigenvalue weighted by Crippen LogP contribution is -2.05. The Bertz CT molecular complexity index is 93.1. The standard InChI is InChI=1S/C6H12O2S/c1-3-9-5(2)4-6(7)8/h5H,3-4H2,1-2H3,(H,7,8). The smallest absolute Gasteiger partial charge is 0.304 e. The summed E-state index contributed by atoms with van der Waals surface area (Å²) < 4.78 is 0. The van der Waals surface area contributed by atoms with Gasteiger partial charge in [-0.05, 0) is 5.75 Å². The monoisotopic (exact) mass is 148 g/mol. The van der Waals surface area contributed by atoms with Gasteiger partial charge in [0.05, 0.1) is 6.42 Å². The molecule has 2 nitrogen and oxygen atoms in total. The fourth-order valence-electron chi connectivity index (χ4n) is 0.589. The van der Waals surface area contributed by atoms with E-state index in [9.17, 15) is 4.79 Å². The van der Waals surface area contributed by atoms with Crippen LogP contribution in [-0.4, -0.2) is 22.1 Å². The van der Waals surface area contributed by atoms with E-state index in [1.54, 1.807) is 11.8 Å². The van der Waals surface area contributed by atoms with Gasteiger partial charge in [-0.25, -0.2) is 0 Å². The third-order valence-electron chi connectivity index (χ3n) is 0.913. The van der Waals surface area contributed by atoms with Gasteiger partial charge < -0.3 is 5.11 Å². The van der Waals surface area contributed by atoms with Crippen molar-refractivity contribution in [3.8, 4) is 0 Å². The first-order chi connectivity index (χ1) is 4.16. The van der Waals surface area contributed by atoms with Crippen LogP contribution in [-0.2, 0) is 4.79 Å². The quantitative estimate of drug-likeness (QED) is 0.658. The van der Waals surface area contributed by atoms with Gasteiger partial charge >= 0.3 is 5.97 Å². The van der Waals surface area contributed by atoms with Gasteiger partial charge in [-0.2, -0.15) is 11.8 Å². The van der Waals surface area contributed by atoms with Crippen LogP contribution in [0.5, 0.6) is 0 Å². The molecule has 0 saturated heterocycles. The first kappa shape index (κ1) is 8.82. The van der Waals surface area contributed by atoms with Crippen LogP contribution >= 0.6 is 11.8 Å². The van der Waals surface area contributed by atoms with Crippen molar-refractivity contribution in [1.82, 2.24) is 0 Å². The molecule has 3 heteroatoms. The van der Waals surface area contributed by atoms with Crippen molar-refractivity contribution >= 4 is 17.7 Å². The fraction of sp³-hybridized carbons (Fsp3) is 0.833. The summed E-state index contributed by atoms with van der Waals surface area (Å²) in [5, 5.41) is 8.55. The lowest BCUT2D eigenvalue weighted by molar-refractivity contribution is -0.136. The third kappa shape index (κ3) is 5.69. The number of rotatable bonds is 4. The number of thioether (sulfide) groups is 1. The van der Waals surface area contributed by atoms with E-state index in [0.717, 1.165) is 5.75 Å². The number of hydrogen-bond donors (Lipinski definition) is 1. The highest BCUT2D eigenvalue weighted by Gasteiger charge is 2.05. The van der Waals surface area contributed by atoms with E-state index in [1.165, 1.54) is 0 Å². The number of aliphatic carboxylic acids is 1. The minimum atomic E-state index is -0.705. The van der Waals surface area contributed by atoms with E-state index in [4.69, 9.17) is 5.11 Å². The van der Waals surface area contributed by atoms with Gasteiger partial charge in [0.25, 0.3) is 0 Å². The molecule has 54 valence electrons. The molecule has 0 bridgehead atoms. The average molecular weight is 148 g/mol. The molecule has 0 radical (unpaired) electrons. The number of carbonyl (C=O) groups is 1. The van der Waals surface area contributed by atoms with Gasteiger partial charge in [-0.1, -0.05) is 13.8 Å². The molecule has 0 aliphatic carbocycles. The second-order valence-corrected chi connectivity index (χ2v) is 3.58. The molecule has 0 spiro atoms. The Kier molecular flexibility index (Phi) is 4.58. The summed E-state index contributed by atoms with van der Waals surface area (Å²) in [6, 6.07) is 0. The minimum Gasteiger partial charge on any atom is -0.481 e. The summed E-state index contributed by atoms with van der Waals surface area (Å²) in [5.41, 5.74) is 0. The van der Waals surface area contributed by atoms with Crippen molar-refractivity contribution in [2.45, 2.75) is 25.5 Å². The van der Waals surface area contributed by atoms with Crippen LogP contribution in [0.1, 0.15) is 20.3 Å². The maximum atomic E-state index is 10.1. The number of carboxylic acids is 1. The molecule has 0 fully saturated rings. The summed E-state index contributed by atoms with van der Waals surface area (Å²) in [6.07, 6.45) is 0.276.